The third-order valence-electron chi connectivity index (χ3n) is 6.33. The molecule has 1 aromatic carbocycles. The maximum atomic E-state index is 13.8. The highest BCUT2D eigenvalue weighted by molar-refractivity contribution is 5.71. The summed E-state index contributed by atoms with van der Waals surface area (Å²) in [6, 6.07) is 6.14. The number of hydrogen-bond donors (Lipinski definition) is 2. The molecule has 2 heterocycles. The number of nitrogens with one attached hydrogen (secondary N) is 1. The number of fused-ring (bicyclic) bond motifs is 1. The molecule has 8 heteroatoms. The number of nitrogens with two attached hydrogens (primary N) is 1. The van der Waals surface area contributed by atoms with Crippen LogP contribution in [0.4, 0.5) is 13.2 Å². The van der Waals surface area contributed by atoms with Gasteiger partial charge >= 0.3 is 6.18 Å². The summed E-state index contributed by atoms with van der Waals surface area (Å²) < 4.78 is 43.5. The molecule has 0 bridgehead atoms. The number of rotatable bonds is 6. The van der Waals surface area contributed by atoms with Crippen LogP contribution in [0, 0.1) is 5.41 Å². The van der Waals surface area contributed by atoms with Crippen LogP contribution in [0.15, 0.2) is 24.3 Å². The third-order valence-corrected chi connectivity index (χ3v) is 6.33. The van der Waals surface area contributed by atoms with Gasteiger partial charge in [-0.2, -0.15) is 23.4 Å². The minimum atomic E-state index is -4.47. The second-order valence-corrected chi connectivity index (χ2v) is 9.37. The second kappa shape index (κ2) is 8.39. The average molecular weight is 446 g/mol. The van der Waals surface area contributed by atoms with Crippen LogP contribution >= 0.6 is 0 Å². The zero-order valence-corrected chi connectivity index (χ0v) is 18.8. The van der Waals surface area contributed by atoms with E-state index in [0.717, 1.165) is 31.5 Å². The van der Waals surface area contributed by atoms with Crippen molar-refractivity contribution in [3.05, 3.63) is 46.6 Å². The Morgan fingerprint density at radius 2 is 2.00 bits per heavy atom. The van der Waals surface area contributed by atoms with Gasteiger partial charge in [-0.05, 0) is 68.7 Å². The Balaban J connectivity index is 1.74. The molecule has 0 unspecified atom stereocenters. The molecule has 0 spiro atoms. The molecule has 2 aromatic heterocycles. The van der Waals surface area contributed by atoms with Crippen molar-refractivity contribution < 1.29 is 13.2 Å². The van der Waals surface area contributed by atoms with Gasteiger partial charge in [0.1, 0.15) is 5.69 Å². The monoisotopic (exact) mass is 445 g/mol. The molecule has 0 aliphatic heterocycles. The van der Waals surface area contributed by atoms with E-state index in [1.807, 2.05) is 4.68 Å². The van der Waals surface area contributed by atoms with Crippen LogP contribution in [0.5, 0.6) is 0 Å². The Kier molecular flexibility index (Phi) is 5.92. The quantitative estimate of drug-likeness (QED) is 0.535. The lowest BCUT2D eigenvalue weighted by Gasteiger charge is -2.30. The van der Waals surface area contributed by atoms with E-state index in [9.17, 15) is 13.2 Å². The summed E-state index contributed by atoms with van der Waals surface area (Å²) in [6.45, 7) is 7.76. The van der Waals surface area contributed by atoms with Gasteiger partial charge in [-0.15, -0.1) is 0 Å². The number of nitrogens with zero attached hydrogens (tertiary/aromatic N) is 3. The van der Waals surface area contributed by atoms with E-state index in [0.29, 0.717) is 30.6 Å². The lowest BCUT2D eigenvalue weighted by Crippen LogP contribution is -2.24. The van der Waals surface area contributed by atoms with E-state index in [2.05, 4.69) is 31.0 Å². The zero-order chi connectivity index (χ0) is 23.1. The van der Waals surface area contributed by atoms with Crippen molar-refractivity contribution >= 4 is 0 Å². The molecule has 3 aromatic rings. The summed E-state index contributed by atoms with van der Waals surface area (Å²) in [7, 11) is 0. The van der Waals surface area contributed by atoms with Gasteiger partial charge in [-0.1, -0.05) is 26.0 Å². The highest BCUT2D eigenvalue weighted by atomic mass is 19.4. The number of benzene rings is 1. The molecule has 0 atom stereocenters. The topological polar surface area (TPSA) is 72.5 Å². The first-order valence-electron chi connectivity index (χ1n) is 11.2. The normalized spacial score (nSPS) is 15.7. The number of aryl methyl sites for hydroxylation is 2. The lowest BCUT2D eigenvalue weighted by molar-refractivity contribution is -0.137. The Morgan fingerprint density at radius 3 is 2.69 bits per heavy atom. The number of halogens is 3. The minimum absolute atomic E-state index is 0.0708. The molecule has 0 saturated heterocycles. The fraction of sp³-hybridized carbons (Fsp3) is 0.500. The number of aromatic amines is 1. The molecule has 3 N–H and O–H groups in total. The SMILES string of the molecule is CCn1nc(-c2cc(-c3ccc(CCCN)cc3C(F)(F)F)n[nH]2)c2c1CC(C)(C)CC2. The molecular weight excluding hydrogens is 415 g/mol. The smallest absolute Gasteiger partial charge is 0.330 e. The van der Waals surface area contributed by atoms with Crippen molar-refractivity contribution in [3.8, 4) is 22.6 Å². The van der Waals surface area contributed by atoms with Crippen LogP contribution in [-0.2, 0) is 32.0 Å². The Bertz CT molecular complexity index is 1110. The van der Waals surface area contributed by atoms with E-state index in [-0.39, 0.29) is 16.7 Å². The van der Waals surface area contributed by atoms with Crippen molar-refractivity contribution in [2.45, 2.75) is 65.6 Å². The first-order chi connectivity index (χ1) is 15.1. The number of H-pyrrole nitrogens is 1. The zero-order valence-electron chi connectivity index (χ0n) is 18.8. The Morgan fingerprint density at radius 1 is 1.22 bits per heavy atom. The first-order valence-corrected chi connectivity index (χ1v) is 11.2. The summed E-state index contributed by atoms with van der Waals surface area (Å²) in [5, 5.41) is 12.0. The van der Waals surface area contributed by atoms with Crippen LogP contribution < -0.4 is 5.73 Å². The maximum absolute atomic E-state index is 13.8. The summed E-state index contributed by atoms with van der Waals surface area (Å²) in [4.78, 5) is 0. The molecule has 32 heavy (non-hydrogen) atoms. The molecule has 0 amide bonds. The summed E-state index contributed by atoms with van der Waals surface area (Å²) in [5.74, 6) is 0. The third kappa shape index (κ3) is 4.33. The van der Waals surface area contributed by atoms with Gasteiger partial charge < -0.3 is 5.73 Å². The molecule has 1 aliphatic carbocycles. The number of alkyl halides is 3. The fourth-order valence-corrected chi connectivity index (χ4v) is 4.57. The maximum Gasteiger partial charge on any atom is 0.417 e. The predicted octanol–water partition coefficient (Wildman–Crippen LogP) is 5.39. The Hall–Kier alpha value is -2.61. The van der Waals surface area contributed by atoms with E-state index < -0.39 is 11.7 Å². The van der Waals surface area contributed by atoms with E-state index in [1.165, 1.54) is 23.4 Å². The second-order valence-electron chi connectivity index (χ2n) is 9.37. The van der Waals surface area contributed by atoms with Gasteiger partial charge in [0.25, 0.3) is 0 Å². The molecule has 4 rings (SSSR count). The summed E-state index contributed by atoms with van der Waals surface area (Å²) in [6.07, 6.45) is -0.427. The molecule has 5 nitrogen and oxygen atoms in total. The van der Waals surface area contributed by atoms with E-state index in [1.54, 1.807) is 12.1 Å². The Labute approximate surface area is 186 Å². The van der Waals surface area contributed by atoms with Crippen molar-refractivity contribution in [1.82, 2.24) is 20.0 Å². The average Bonchev–Trinajstić information content (AvgIpc) is 3.35. The van der Waals surface area contributed by atoms with Crippen LogP contribution in [0.2, 0.25) is 0 Å². The molecule has 1 aliphatic rings. The largest absolute Gasteiger partial charge is 0.417 e. The van der Waals surface area contributed by atoms with Gasteiger partial charge in [0.2, 0.25) is 0 Å². The summed E-state index contributed by atoms with van der Waals surface area (Å²) >= 11 is 0. The van der Waals surface area contributed by atoms with Crippen molar-refractivity contribution in [2.24, 2.45) is 11.1 Å². The first kappa shape index (κ1) is 22.6. The minimum Gasteiger partial charge on any atom is -0.330 e. The van der Waals surface area contributed by atoms with Crippen LogP contribution in [0.25, 0.3) is 22.6 Å². The highest BCUT2D eigenvalue weighted by Crippen LogP contribution is 2.41. The van der Waals surface area contributed by atoms with Crippen molar-refractivity contribution in [1.29, 1.82) is 0 Å². The molecule has 0 radical (unpaired) electrons. The van der Waals surface area contributed by atoms with Crippen LogP contribution in [0.3, 0.4) is 0 Å². The van der Waals surface area contributed by atoms with Gasteiger partial charge in [0, 0.05) is 23.4 Å². The lowest BCUT2D eigenvalue weighted by atomic mass is 9.76. The van der Waals surface area contributed by atoms with E-state index in [4.69, 9.17) is 10.8 Å². The van der Waals surface area contributed by atoms with Gasteiger partial charge in [0.15, 0.2) is 0 Å². The van der Waals surface area contributed by atoms with Crippen LogP contribution in [-0.4, -0.2) is 26.5 Å². The molecule has 172 valence electrons. The van der Waals surface area contributed by atoms with Crippen molar-refractivity contribution in [2.75, 3.05) is 6.54 Å². The highest BCUT2D eigenvalue weighted by Gasteiger charge is 2.35. The summed E-state index contributed by atoms with van der Waals surface area (Å²) in [5.41, 5.74) is 9.86. The number of aromatic nitrogens is 4. The van der Waals surface area contributed by atoms with E-state index >= 15 is 0 Å². The standard InChI is InChI=1S/C24H30F3N5/c1-4-32-21-14-23(2,3)10-9-17(21)22(31-32)20-13-19(29-30-20)16-8-7-15(6-5-11-28)12-18(16)24(25,26)27/h7-8,12-13H,4-6,9-11,14,28H2,1-3H3,(H,29,30). The molecule has 0 saturated carbocycles. The van der Waals surface area contributed by atoms with Gasteiger partial charge in [0.05, 0.1) is 17.0 Å². The van der Waals surface area contributed by atoms with Gasteiger partial charge in [-0.3, -0.25) is 9.78 Å². The molecular formula is C24H30F3N5. The van der Waals surface area contributed by atoms with Gasteiger partial charge in [-0.25, -0.2) is 0 Å². The predicted molar refractivity (Wildman–Crippen MR) is 119 cm³/mol. The number of hydrogen-bond acceptors (Lipinski definition) is 3. The fourth-order valence-electron chi connectivity index (χ4n) is 4.57. The van der Waals surface area contributed by atoms with Crippen molar-refractivity contribution in [3.63, 3.8) is 0 Å². The molecule has 0 fully saturated rings. The van der Waals surface area contributed by atoms with Crippen LogP contribution in [0.1, 0.15) is 56.0 Å².